The van der Waals surface area contributed by atoms with Crippen LogP contribution in [0, 0.1) is 11.0 Å². The Bertz CT molecular complexity index is 1510. The number of anilines is 2. The number of amides is 1. The first-order valence-corrected chi connectivity index (χ1v) is 12.7. The second kappa shape index (κ2) is 9.83. The average molecular weight is 515 g/mol. The summed E-state index contributed by atoms with van der Waals surface area (Å²) in [5, 5.41) is 26.3. The number of fused-ring (bicyclic) bond motifs is 1. The fourth-order valence-corrected chi connectivity index (χ4v) is 5.24. The summed E-state index contributed by atoms with van der Waals surface area (Å²) in [6, 6.07) is 17.7. The number of hydrogen-bond donors (Lipinski definition) is 4. The van der Waals surface area contributed by atoms with Crippen LogP contribution >= 0.6 is 11.3 Å². The lowest BCUT2D eigenvalue weighted by molar-refractivity contribution is -0.850. The molecule has 0 aliphatic carbocycles. The fourth-order valence-electron chi connectivity index (χ4n) is 4.28. The van der Waals surface area contributed by atoms with Crippen molar-refractivity contribution in [2.45, 2.75) is 5.92 Å². The van der Waals surface area contributed by atoms with E-state index in [2.05, 4.69) is 26.0 Å². The van der Waals surface area contributed by atoms with Gasteiger partial charge in [0, 0.05) is 35.5 Å². The molecular formula is C27H23FN6O2S. The molecule has 37 heavy (non-hydrogen) atoms. The van der Waals surface area contributed by atoms with Crippen LogP contribution in [0.15, 0.2) is 83.7 Å². The maximum absolute atomic E-state index is 14.6. The average Bonchev–Trinajstić information content (AvgIpc) is 3.30. The number of benzene rings is 2. The number of carbonyl (C=O) groups excluding carboxylic acids is 1. The molecule has 1 saturated heterocycles. The van der Waals surface area contributed by atoms with Gasteiger partial charge in [-0.25, -0.2) is 14.5 Å². The summed E-state index contributed by atoms with van der Waals surface area (Å²) in [5.74, 6) is 0.146. The second-order valence-electron chi connectivity index (χ2n) is 8.99. The molecule has 1 amide bonds. The van der Waals surface area contributed by atoms with Gasteiger partial charge in [0.2, 0.25) is 0 Å². The Hall–Kier alpha value is -3.96. The zero-order valence-corrected chi connectivity index (χ0v) is 20.4. The summed E-state index contributed by atoms with van der Waals surface area (Å²) < 4.78 is 15.6. The summed E-state index contributed by atoms with van der Waals surface area (Å²) in [5.41, 5.74) is 2.73. The van der Waals surface area contributed by atoms with Gasteiger partial charge in [0.25, 0.3) is 5.91 Å². The van der Waals surface area contributed by atoms with E-state index >= 15 is 0 Å². The van der Waals surface area contributed by atoms with Crippen LogP contribution in [0.3, 0.4) is 0 Å². The van der Waals surface area contributed by atoms with Crippen molar-refractivity contribution < 1.29 is 14.4 Å². The molecule has 2 aliphatic heterocycles. The molecule has 6 rings (SSSR count). The third-order valence-electron chi connectivity index (χ3n) is 6.39. The van der Waals surface area contributed by atoms with Crippen molar-refractivity contribution in [3.8, 4) is 0 Å². The van der Waals surface area contributed by atoms with Crippen molar-refractivity contribution in [3.05, 3.63) is 106 Å². The van der Waals surface area contributed by atoms with Crippen LogP contribution in [0.5, 0.6) is 0 Å². The number of allylic oxidation sites excluding steroid dienone is 1. The summed E-state index contributed by atoms with van der Waals surface area (Å²) >= 11 is 1.34. The van der Waals surface area contributed by atoms with Crippen molar-refractivity contribution in [1.29, 1.82) is 0 Å². The largest absolute Gasteiger partial charge is 0.606 e. The number of halogens is 1. The molecule has 4 N–H and O–H groups in total. The second-order valence-corrected chi connectivity index (χ2v) is 10.1. The number of pyridine rings is 1. The Labute approximate surface area is 216 Å². The molecule has 2 aromatic heterocycles. The zero-order chi connectivity index (χ0) is 25.4. The van der Waals surface area contributed by atoms with E-state index in [0.717, 1.165) is 23.2 Å². The zero-order valence-electron chi connectivity index (χ0n) is 19.6. The number of nitrogens with zero attached hydrogens (tertiary/aromatic N) is 2. The molecule has 2 aromatic carbocycles. The lowest BCUT2D eigenvalue weighted by Gasteiger charge is -2.27. The Morgan fingerprint density at radius 1 is 1.14 bits per heavy atom. The molecule has 1 unspecified atom stereocenters. The van der Waals surface area contributed by atoms with E-state index in [1.165, 1.54) is 35.1 Å². The molecule has 186 valence electrons. The van der Waals surface area contributed by atoms with Gasteiger partial charge in [-0.1, -0.05) is 29.4 Å². The molecule has 2 aliphatic rings. The van der Waals surface area contributed by atoms with Gasteiger partial charge in [-0.15, -0.1) is 11.3 Å². The van der Waals surface area contributed by atoms with Crippen LogP contribution in [-0.2, 0) is 0 Å². The summed E-state index contributed by atoms with van der Waals surface area (Å²) in [7, 11) is 0. The van der Waals surface area contributed by atoms with Gasteiger partial charge < -0.3 is 21.2 Å². The molecule has 4 heterocycles. The number of nitrogens with one attached hydrogen (secondary N) is 4. The van der Waals surface area contributed by atoms with Gasteiger partial charge in [-0.3, -0.25) is 4.79 Å². The molecule has 4 aromatic rings. The molecule has 0 saturated carbocycles. The van der Waals surface area contributed by atoms with E-state index in [9.17, 15) is 14.4 Å². The van der Waals surface area contributed by atoms with Gasteiger partial charge in [-0.2, -0.15) is 0 Å². The molecule has 0 radical (unpaired) electrons. The van der Waals surface area contributed by atoms with E-state index < -0.39 is 11.7 Å². The molecule has 0 spiro atoms. The SMILES string of the molecule is O=C(Nc1cc(C2=N[NH+]([O-])CC(Nc3ccc(C4CNC4)cn3)=C2)ccc1F)c1cc2ccccc2s1. The highest BCUT2D eigenvalue weighted by Gasteiger charge is 2.20. The van der Waals surface area contributed by atoms with E-state index in [0.29, 0.717) is 33.6 Å². The first-order valence-electron chi connectivity index (χ1n) is 11.9. The number of quaternary nitrogens is 1. The summed E-state index contributed by atoms with van der Waals surface area (Å²) in [6.45, 7) is 2.02. The van der Waals surface area contributed by atoms with E-state index in [1.807, 2.05) is 42.6 Å². The standard InChI is InChI=1S/C27H23FN6O2S/c28-21-7-5-16(9-23(21)32-27(35)25-10-17-3-1-2-4-24(17)37-25)22-11-20(15-34(36)33-22)31-26-8-6-18(14-30-26)19-12-29-13-19/h1-11,14,19,29,34H,12-13,15H2,(H,30,31)(H,32,35). The molecule has 1 fully saturated rings. The fraction of sp³-hybridized carbons (Fsp3) is 0.148. The van der Waals surface area contributed by atoms with E-state index in [1.54, 1.807) is 12.1 Å². The number of hydroxylamine groups is 1. The Kier molecular flexibility index (Phi) is 6.23. The van der Waals surface area contributed by atoms with Gasteiger partial charge in [0.1, 0.15) is 23.9 Å². The van der Waals surface area contributed by atoms with Crippen LogP contribution < -0.4 is 21.1 Å². The molecular weight excluding hydrogens is 491 g/mol. The lowest BCUT2D eigenvalue weighted by atomic mass is 9.95. The Balaban J connectivity index is 1.20. The third kappa shape index (κ3) is 5.00. The van der Waals surface area contributed by atoms with Gasteiger partial charge in [-0.05, 0) is 53.4 Å². The topological polar surface area (TPSA) is 106 Å². The highest BCUT2D eigenvalue weighted by molar-refractivity contribution is 7.20. The van der Waals surface area contributed by atoms with Gasteiger partial charge in [0.15, 0.2) is 0 Å². The molecule has 8 nitrogen and oxygen atoms in total. The number of hydrogen-bond acceptors (Lipinski definition) is 7. The minimum atomic E-state index is -0.575. The Morgan fingerprint density at radius 3 is 2.76 bits per heavy atom. The molecule has 0 bridgehead atoms. The van der Waals surface area contributed by atoms with Crippen molar-refractivity contribution >= 4 is 44.5 Å². The van der Waals surface area contributed by atoms with Crippen LogP contribution in [0.2, 0.25) is 0 Å². The number of rotatable bonds is 6. The van der Waals surface area contributed by atoms with Gasteiger partial charge in [0.05, 0.1) is 16.3 Å². The number of thiophene rings is 1. The maximum Gasteiger partial charge on any atom is 0.265 e. The predicted octanol–water partition coefficient (Wildman–Crippen LogP) is 3.47. The van der Waals surface area contributed by atoms with Crippen molar-refractivity contribution in [3.63, 3.8) is 0 Å². The lowest BCUT2D eigenvalue weighted by Crippen LogP contribution is -3.03. The summed E-state index contributed by atoms with van der Waals surface area (Å²) in [6.07, 6.45) is 3.59. The smallest absolute Gasteiger partial charge is 0.265 e. The summed E-state index contributed by atoms with van der Waals surface area (Å²) in [4.78, 5) is 17.8. The quantitative estimate of drug-likeness (QED) is 0.295. The normalized spacial score (nSPS) is 17.6. The third-order valence-corrected chi connectivity index (χ3v) is 7.50. The highest BCUT2D eigenvalue weighted by atomic mass is 32.1. The van der Waals surface area contributed by atoms with Crippen molar-refractivity contribution in [2.75, 3.05) is 30.3 Å². The first kappa shape index (κ1) is 23.4. The predicted molar refractivity (Wildman–Crippen MR) is 143 cm³/mol. The number of aromatic nitrogens is 1. The first-order chi connectivity index (χ1) is 18.0. The Morgan fingerprint density at radius 2 is 2.00 bits per heavy atom. The monoisotopic (exact) mass is 514 g/mol. The van der Waals surface area contributed by atoms with Crippen LogP contribution in [0.1, 0.15) is 26.7 Å². The van der Waals surface area contributed by atoms with Crippen LogP contribution in [0.4, 0.5) is 15.9 Å². The molecule has 10 heteroatoms. The molecule has 1 atom stereocenters. The minimum Gasteiger partial charge on any atom is -0.606 e. The van der Waals surface area contributed by atoms with Crippen LogP contribution in [0.25, 0.3) is 10.1 Å². The van der Waals surface area contributed by atoms with Crippen molar-refractivity contribution in [2.24, 2.45) is 5.10 Å². The highest BCUT2D eigenvalue weighted by Crippen LogP contribution is 2.27. The number of carbonyl (C=O) groups is 1. The minimum absolute atomic E-state index is 0.0197. The van der Waals surface area contributed by atoms with Crippen molar-refractivity contribution in [1.82, 2.24) is 10.3 Å². The maximum atomic E-state index is 14.6. The van der Waals surface area contributed by atoms with Gasteiger partial charge >= 0.3 is 0 Å². The van der Waals surface area contributed by atoms with E-state index in [-0.39, 0.29) is 17.4 Å². The van der Waals surface area contributed by atoms with E-state index in [4.69, 9.17) is 0 Å². The van der Waals surface area contributed by atoms with Crippen LogP contribution in [-0.4, -0.2) is 36.2 Å².